The number of hydrogen-bond donors (Lipinski definition) is 2. The Balaban J connectivity index is 2.59. The zero-order chi connectivity index (χ0) is 20.8. The topological polar surface area (TPSA) is 92.7 Å². The number of carboxylic acid groups (broad SMARTS) is 1. The minimum Gasteiger partial charge on any atom is -0.480 e. The summed E-state index contributed by atoms with van der Waals surface area (Å²) in [6, 6.07) is 8.33. The first-order valence-corrected chi connectivity index (χ1v) is 10.2. The van der Waals surface area contributed by atoms with Crippen LogP contribution in [0.4, 0.5) is 0 Å². The molecule has 1 rings (SSSR count). The first-order valence-electron chi connectivity index (χ1n) is 10.2. The van der Waals surface area contributed by atoms with Gasteiger partial charge in [0.2, 0.25) is 5.91 Å². The number of rotatable bonds is 14. The zero-order valence-electron chi connectivity index (χ0n) is 17.0. The fraction of sp³-hybridized carbons (Fsp3) is 0.591. The highest BCUT2D eigenvalue weighted by Crippen LogP contribution is 2.17. The van der Waals surface area contributed by atoms with Crippen LogP contribution in [0, 0.1) is 5.92 Å². The second kappa shape index (κ2) is 13.7. The largest absolute Gasteiger partial charge is 0.480 e. The number of aryl methyl sites for hydroxylation is 2. The van der Waals surface area contributed by atoms with Gasteiger partial charge in [0, 0.05) is 12.3 Å². The van der Waals surface area contributed by atoms with Crippen LogP contribution in [-0.2, 0) is 32.0 Å². The number of ether oxygens (including phenoxy) is 1. The lowest BCUT2D eigenvalue weighted by Crippen LogP contribution is -2.35. The Bertz CT molecular complexity index is 612. The molecule has 2 N–H and O–H groups in total. The number of nitrogens with one attached hydrogen (secondary N) is 1. The van der Waals surface area contributed by atoms with Crippen LogP contribution in [0.15, 0.2) is 24.3 Å². The van der Waals surface area contributed by atoms with E-state index in [0.717, 1.165) is 31.2 Å². The second-order valence-electron chi connectivity index (χ2n) is 7.03. The van der Waals surface area contributed by atoms with Gasteiger partial charge in [-0.2, -0.15) is 0 Å². The van der Waals surface area contributed by atoms with Gasteiger partial charge in [0.05, 0.1) is 6.61 Å². The van der Waals surface area contributed by atoms with Gasteiger partial charge in [-0.15, -0.1) is 0 Å². The Kier molecular flexibility index (Phi) is 11.6. The Morgan fingerprint density at radius 3 is 2.21 bits per heavy atom. The molecule has 0 spiro atoms. The molecule has 1 atom stereocenters. The highest BCUT2D eigenvalue weighted by molar-refractivity contribution is 5.83. The molecule has 0 saturated carbocycles. The lowest BCUT2D eigenvalue weighted by atomic mass is 9.93. The van der Waals surface area contributed by atoms with E-state index in [1.165, 1.54) is 5.56 Å². The summed E-state index contributed by atoms with van der Waals surface area (Å²) in [6.07, 6.45) is 5.67. The molecule has 0 saturated heterocycles. The Morgan fingerprint density at radius 1 is 1.00 bits per heavy atom. The number of esters is 1. The van der Waals surface area contributed by atoms with Crippen molar-refractivity contribution in [1.29, 1.82) is 0 Å². The van der Waals surface area contributed by atoms with E-state index in [-0.39, 0.29) is 18.3 Å². The normalized spacial score (nSPS) is 11.6. The van der Waals surface area contributed by atoms with E-state index < -0.39 is 18.4 Å². The highest BCUT2D eigenvalue weighted by atomic mass is 16.5. The van der Waals surface area contributed by atoms with Crippen LogP contribution in [0.2, 0.25) is 0 Å². The van der Waals surface area contributed by atoms with Crippen LogP contribution in [0.5, 0.6) is 0 Å². The number of carbonyl (C=O) groups excluding carboxylic acids is 2. The predicted octanol–water partition coefficient (Wildman–Crippen LogP) is 3.51. The van der Waals surface area contributed by atoms with E-state index in [4.69, 9.17) is 9.84 Å². The van der Waals surface area contributed by atoms with Gasteiger partial charge in [-0.05, 0) is 43.2 Å². The SMILES string of the molecule is CCCCOC(=O)CC[C@@H](CCc1ccc(CCC)cc1)C(=O)NCC(=O)O. The van der Waals surface area contributed by atoms with E-state index in [1.54, 1.807) is 0 Å². The molecule has 1 aromatic carbocycles. The summed E-state index contributed by atoms with van der Waals surface area (Å²) in [6.45, 7) is 4.14. The summed E-state index contributed by atoms with van der Waals surface area (Å²) in [5, 5.41) is 11.2. The van der Waals surface area contributed by atoms with Crippen molar-refractivity contribution in [2.24, 2.45) is 5.92 Å². The Labute approximate surface area is 167 Å². The van der Waals surface area contributed by atoms with E-state index in [1.807, 2.05) is 6.92 Å². The summed E-state index contributed by atoms with van der Waals surface area (Å²) in [4.78, 5) is 34.9. The highest BCUT2D eigenvalue weighted by Gasteiger charge is 2.20. The molecule has 0 fully saturated rings. The fourth-order valence-corrected chi connectivity index (χ4v) is 2.91. The molecule has 28 heavy (non-hydrogen) atoms. The fourth-order valence-electron chi connectivity index (χ4n) is 2.91. The van der Waals surface area contributed by atoms with Crippen LogP contribution >= 0.6 is 0 Å². The predicted molar refractivity (Wildman–Crippen MR) is 108 cm³/mol. The lowest BCUT2D eigenvalue weighted by molar-refractivity contribution is -0.144. The van der Waals surface area contributed by atoms with Crippen molar-refractivity contribution >= 4 is 17.8 Å². The third-order valence-electron chi connectivity index (χ3n) is 4.59. The van der Waals surface area contributed by atoms with Crippen LogP contribution in [-0.4, -0.2) is 36.1 Å². The molecule has 0 heterocycles. The lowest BCUT2D eigenvalue weighted by Gasteiger charge is -2.16. The quantitative estimate of drug-likeness (QED) is 0.374. The number of amides is 1. The van der Waals surface area contributed by atoms with Gasteiger partial charge in [-0.3, -0.25) is 14.4 Å². The molecule has 6 nitrogen and oxygen atoms in total. The molecule has 0 aliphatic rings. The average molecular weight is 392 g/mol. The average Bonchev–Trinajstić information content (AvgIpc) is 2.67. The molecule has 0 radical (unpaired) electrons. The molecule has 6 heteroatoms. The molecule has 156 valence electrons. The standard InChI is InChI=1S/C22H33NO5/c1-3-5-15-28-21(26)14-13-19(22(27)23-16-20(24)25)12-11-18-9-7-17(6-4-2)8-10-18/h7-10,19H,3-6,11-16H2,1-2H3,(H,23,27)(H,24,25)/t19-/m1/s1. The molecular weight excluding hydrogens is 358 g/mol. The molecule has 0 aromatic heterocycles. The first-order chi connectivity index (χ1) is 13.5. The second-order valence-corrected chi connectivity index (χ2v) is 7.03. The van der Waals surface area contributed by atoms with Gasteiger partial charge in [0.25, 0.3) is 0 Å². The van der Waals surface area contributed by atoms with E-state index >= 15 is 0 Å². The van der Waals surface area contributed by atoms with E-state index in [9.17, 15) is 14.4 Å². The Morgan fingerprint density at radius 2 is 1.64 bits per heavy atom. The molecule has 0 aliphatic heterocycles. The zero-order valence-corrected chi connectivity index (χ0v) is 17.0. The summed E-state index contributed by atoms with van der Waals surface area (Å²) in [5.41, 5.74) is 2.42. The van der Waals surface area contributed by atoms with Gasteiger partial charge in [-0.25, -0.2) is 0 Å². The number of hydrogen-bond acceptors (Lipinski definition) is 4. The van der Waals surface area contributed by atoms with Crippen LogP contribution in [0.3, 0.4) is 0 Å². The first kappa shape index (κ1) is 23.7. The van der Waals surface area contributed by atoms with Gasteiger partial charge in [-0.1, -0.05) is 51.0 Å². The number of carboxylic acids is 1. The minimum absolute atomic E-state index is 0.157. The van der Waals surface area contributed by atoms with Crippen molar-refractivity contribution in [3.63, 3.8) is 0 Å². The van der Waals surface area contributed by atoms with Crippen LogP contribution < -0.4 is 5.32 Å². The van der Waals surface area contributed by atoms with Crippen molar-refractivity contribution in [3.05, 3.63) is 35.4 Å². The van der Waals surface area contributed by atoms with E-state index in [2.05, 4.69) is 36.5 Å². The maximum absolute atomic E-state index is 12.4. The maximum Gasteiger partial charge on any atom is 0.322 e. The van der Waals surface area contributed by atoms with Crippen LogP contribution in [0.1, 0.15) is 63.5 Å². The number of carbonyl (C=O) groups is 3. The maximum atomic E-state index is 12.4. The number of benzene rings is 1. The van der Waals surface area contributed by atoms with Crippen molar-refractivity contribution in [2.45, 2.75) is 65.2 Å². The third-order valence-corrected chi connectivity index (χ3v) is 4.59. The summed E-state index contributed by atoms with van der Waals surface area (Å²) >= 11 is 0. The van der Waals surface area contributed by atoms with Crippen LogP contribution in [0.25, 0.3) is 0 Å². The Hall–Kier alpha value is -2.37. The summed E-state index contributed by atoms with van der Waals surface area (Å²) in [5.74, 6) is -2.15. The van der Waals surface area contributed by atoms with Crippen molar-refractivity contribution in [1.82, 2.24) is 5.32 Å². The third kappa shape index (κ3) is 10.1. The van der Waals surface area contributed by atoms with Crippen molar-refractivity contribution < 1.29 is 24.2 Å². The van der Waals surface area contributed by atoms with Gasteiger partial charge in [0.15, 0.2) is 0 Å². The van der Waals surface area contributed by atoms with Gasteiger partial charge < -0.3 is 15.2 Å². The molecule has 0 bridgehead atoms. The molecule has 1 amide bonds. The number of aliphatic carboxylic acids is 1. The molecule has 0 aliphatic carbocycles. The van der Waals surface area contributed by atoms with E-state index in [0.29, 0.717) is 25.9 Å². The van der Waals surface area contributed by atoms with Crippen molar-refractivity contribution in [3.8, 4) is 0 Å². The summed E-state index contributed by atoms with van der Waals surface area (Å²) in [7, 11) is 0. The minimum atomic E-state index is -1.09. The summed E-state index contributed by atoms with van der Waals surface area (Å²) < 4.78 is 5.14. The van der Waals surface area contributed by atoms with Gasteiger partial charge >= 0.3 is 11.9 Å². The molecule has 1 aromatic rings. The van der Waals surface area contributed by atoms with Crippen molar-refractivity contribution in [2.75, 3.05) is 13.2 Å². The van der Waals surface area contributed by atoms with Gasteiger partial charge in [0.1, 0.15) is 6.54 Å². The molecular formula is C22H33NO5. The molecule has 0 unspecified atom stereocenters. The number of unbranched alkanes of at least 4 members (excludes halogenated alkanes) is 1. The monoisotopic (exact) mass is 391 g/mol. The smallest absolute Gasteiger partial charge is 0.322 e.